The Balaban J connectivity index is 2.89. The molecular formula is C11H11BrClNS. The van der Waals surface area contributed by atoms with E-state index in [-0.39, 0.29) is 0 Å². The SMILES string of the molecule is Cc1c(Br)sc2c(C(C)C)cnc(Cl)c12. The van der Waals surface area contributed by atoms with Gasteiger partial charge in [0.2, 0.25) is 0 Å². The van der Waals surface area contributed by atoms with E-state index < -0.39 is 0 Å². The molecule has 0 N–H and O–H groups in total. The molecule has 0 atom stereocenters. The molecular weight excluding hydrogens is 294 g/mol. The molecule has 0 aliphatic rings. The highest BCUT2D eigenvalue weighted by Crippen LogP contribution is 2.41. The Morgan fingerprint density at radius 1 is 1.47 bits per heavy atom. The van der Waals surface area contributed by atoms with Crippen molar-refractivity contribution in [1.82, 2.24) is 4.98 Å². The van der Waals surface area contributed by atoms with Gasteiger partial charge in [-0.3, -0.25) is 0 Å². The number of hydrogen-bond donors (Lipinski definition) is 0. The first kappa shape index (κ1) is 11.4. The summed E-state index contributed by atoms with van der Waals surface area (Å²) in [5.74, 6) is 0.474. The smallest absolute Gasteiger partial charge is 0.137 e. The number of nitrogens with zero attached hydrogens (tertiary/aromatic N) is 1. The predicted molar refractivity (Wildman–Crippen MR) is 71.2 cm³/mol. The zero-order chi connectivity index (χ0) is 11.2. The van der Waals surface area contributed by atoms with E-state index in [1.165, 1.54) is 15.8 Å². The first-order valence-corrected chi connectivity index (χ1v) is 6.74. The van der Waals surface area contributed by atoms with Gasteiger partial charge >= 0.3 is 0 Å². The summed E-state index contributed by atoms with van der Waals surface area (Å²) in [6, 6.07) is 0. The lowest BCUT2D eigenvalue weighted by Crippen LogP contribution is -1.90. The van der Waals surface area contributed by atoms with Gasteiger partial charge in [0.1, 0.15) is 5.15 Å². The topological polar surface area (TPSA) is 12.9 Å². The van der Waals surface area contributed by atoms with Gasteiger partial charge < -0.3 is 0 Å². The van der Waals surface area contributed by atoms with Crippen molar-refractivity contribution in [2.24, 2.45) is 0 Å². The summed E-state index contributed by atoms with van der Waals surface area (Å²) in [7, 11) is 0. The minimum Gasteiger partial charge on any atom is -0.244 e. The van der Waals surface area contributed by atoms with Crippen molar-refractivity contribution in [3.8, 4) is 0 Å². The summed E-state index contributed by atoms with van der Waals surface area (Å²) >= 11 is 11.4. The molecule has 0 unspecified atom stereocenters. The molecule has 80 valence electrons. The van der Waals surface area contributed by atoms with Gasteiger partial charge in [0.05, 0.1) is 3.79 Å². The molecule has 2 rings (SSSR count). The van der Waals surface area contributed by atoms with E-state index in [0.717, 1.165) is 9.17 Å². The van der Waals surface area contributed by atoms with Crippen LogP contribution >= 0.6 is 38.9 Å². The number of fused-ring (bicyclic) bond motifs is 1. The lowest BCUT2D eigenvalue weighted by atomic mass is 10.0. The molecule has 0 aliphatic carbocycles. The maximum absolute atomic E-state index is 6.13. The predicted octanol–water partition coefficient (Wildman–Crippen LogP) is 5.14. The average Bonchev–Trinajstić information content (AvgIpc) is 2.44. The molecule has 4 heteroatoms. The first-order chi connectivity index (χ1) is 7.02. The number of rotatable bonds is 1. The molecule has 0 spiro atoms. The number of pyridine rings is 1. The van der Waals surface area contributed by atoms with Crippen molar-refractivity contribution < 1.29 is 0 Å². The van der Waals surface area contributed by atoms with Crippen molar-refractivity contribution in [3.05, 3.63) is 26.3 Å². The molecule has 0 bridgehead atoms. The minimum atomic E-state index is 0.474. The van der Waals surface area contributed by atoms with Crippen LogP contribution in [0.2, 0.25) is 5.15 Å². The molecule has 2 aromatic rings. The Hall–Kier alpha value is -0.120. The fourth-order valence-corrected chi connectivity index (χ4v) is 3.82. The fraction of sp³-hybridized carbons (Fsp3) is 0.364. The Labute approximate surface area is 107 Å². The maximum Gasteiger partial charge on any atom is 0.137 e. The second kappa shape index (κ2) is 4.04. The van der Waals surface area contributed by atoms with Gasteiger partial charge in [0, 0.05) is 16.3 Å². The van der Waals surface area contributed by atoms with Gasteiger partial charge in [0.15, 0.2) is 0 Å². The summed E-state index contributed by atoms with van der Waals surface area (Å²) in [6.45, 7) is 6.42. The maximum atomic E-state index is 6.13. The summed E-state index contributed by atoms with van der Waals surface area (Å²) in [5.41, 5.74) is 2.46. The second-order valence-electron chi connectivity index (χ2n) is 3.86. The van der Waals surface area contributed by atoms with Crippen LogP contribution in [-0.2, 0) is 0 Å². The number of aromatic nitrogens is 1. The van der Waals surface area contributed by atoms with Crippen LogP contribution < -0.4 is 0 Å². The summed E-state index contributed by atoms with van der Waals surface area (Å²) in [5, 5.41) is 1.70. The highest BCUT2D eigenvalue weighted by molar-refractivity contribution is 9.11. The Morgan fingerprint density at radius 2 is 2.13 bits per heavy atom. The van der Waals surface area contributed by atoms with Gasteiger partial charge in [-0.25, -0.2) is 4.98 Å². The van der Waals surface area contributed by atoms with Crippen molar-refractivity contribution >= 4 is 49.0 Å². The van der Waals surface area contributed by atoms with Gasteiger partial charge in [-0.05, 0) is 39.9 Å². The fourth-order valence-electron chi connectivity index (χ4n) is 1.60. The van der Waals surface area contributed by atoms with Crippen LogP contribution in [0.15, 0.2) is 9.98 Å². The third kappa shape index (κ3) is 1.81. The van der Waals surface area contributed by atoms with Crippen LogP contribution in [-0.4, -0.2) is 4.98 Å². The van der Waals surface area contributed by atoms with Crippen LogP contribution in [0.25, 0.3) is 10.1 Å². The van der Waals surface area contributed by atoms with Gasteiger partial charge in [-0.1, -0.05) is 25.4 Å². The third-order valence-electron chi connectivity index (χ3n) is 2.50. The summed E-state index contributed by atoms with van der Waals surface area (Å²) in [4.78, 5) is 4.25. The van der Waals surface area contributed by atoms with E-state index in [1.807, 2.05) is 6.20 Å². The largest absolute Gasteiger partial charge is 0.244 e. The van der Waals surface area contributed by atoms with Crippen molar-refractivity contribution in [1.29, 1.82) is 0 Å². The molecule has 1 nitrogen and oxygen atoms in total. The molecule has 0 aliphatic heterocycles. The monoisotopic (exact) mass is 303 g/mol. The van der Waals surface area contributed by atoms with Gasteiger partial charge in [-0.15, -0.1) is 11.3 Å². The van der Waals surface area contributed by atoms with Crippen LogP contribution in [0.1, 0.15) is 30.9 Å². The highest BCUT2D eigenvalue weighted by Gasteiger charge is 2.15. The number of hydrogen-bond acceptors (Lipinski definition) is 2. The molecule has 0 radical (unpaired) electrons. The van der Waals surface area contributed by atoms with Crippen LogP contribution in [0, 0.1) is 6.92 Å². The van der Waals surface area contributed by atoms with Crippen LogP contribution in [0.4, 0.5) is 0 Å². The number of thiophene rings is 1. The van der Waals surface area contributed by atoms with E-state index in [9.17, 15) is 0 Å². The average molecular weight is 305 g/mol. The van der Waals surface area contributed by atoms with Crippen LogP contribution in [0.3, 0.4) is 0 Å². The molecule has 2 aromatic heterocycles. The molecule has 15 heavy (non-hydrogen) atoms. The van der Waals surface area contributed by atoms with E-state index >= 15 is 0 Å². The van der Waals surface area contributed by atoms with Gasteiger partial charge in [0.25, 0.3) is 0 Å². The van der Waals surface area contributed by atoms with E-state index in [4.69, 9.17) is 11.6 Å². The zero-order valence-electron chi connectivity index (χ0n) is 8.77. The van der Waals surface area contributed by atoms with Crippen molar-refractivity contribution in [2.45, 2.75) is 26.7 Å². The Kier molecular flexibility index (Phi) is 3.06. The lowest BCUT2D eigenvalue weighted by molar-refractivity contribution is 0.871. The number of aryl methyl sites for hydroxylation is 1. The quantitative estimate of drug-likeness (QED) is 0.664. The molecule has 0 amide bonds. The lowest BCUT2D eigenvalue weighted by Gasteiger charge is -2.06. The second-order valence-corrected chi connectivity index (χ2v) is 6.56. The number of halogens is 2. The summed E-state index contributed by atoms with van der Waals surface area (Å²) in [6.07, 6.45) is 1.89. The normalized spacial score (nSPS) is 11.6. The van der Waals surface area contributed by atoms with E-state index in [2.05, 4.69) is 41.7 Å². The van der Waals surface area contributed by atoms with E-state index in [0.29, 0.717) is 11.1 Å². The Morgan fingerprint density at radius 3 is 2.73 bits per heavy atom. The highest BCUT2D eigenvalue weighted by atomic mass is 79.9. The molecule has 0 aromatic carbocycles. The molecule has 0 fully saturated rings. The van der Waals surface area contributed by atoms with Crippen molar-refractivity contribution in [2.75, 3.05) is 0 Å². The minimum absolute atomic E-state index is 0.474. The Bertz CT molecular complexity index is 519. The zero-order valence-corrected chi connectivity index (χ0v) is 11.9. The van der Waals surface area contributed by atoms with Gasteiger partial charge in [-0.2, -0.15) is 0 Å². The summed E-state index contributed by atoms with van der Waals surface area (Å²) < 4.78 is 2.41. The third-order valence-corrected chi connectivity index (χ3v) is 4.99. The first-order valence-electron chi connectivity index (χ1n) is 4.75. The molecule has 0 saturated carbocycles. The van der Waals surface area contributed by atoms with E-state index in [1.54, 1.807) is 11.3 Å². The molecule has 0 saturated heterocycles. The molecule has 2 heterocycles. The van der Waals surface area contributed by atoms with Crippen molar-refractivity contribution in [3.63, 3.8) is 0 Å². The van der Waals surface area contributed by atoms with Crippen LogP contribution in [0.5, 0.6) is 0 Å². The standard InChI is InChI=1S/C11H11BrClNS/c1-5(2)7-4-14-11(13)8-6(3)10(12)15-9(7)8/h4-5H,1-3H3.